The minimum absolute atomic E-state index is 0.325. The van der Waals surface area contributed by atoms with Gasteiger partial charge in [0, 0.05) is 24.6 Å². The number of nitrogens with one attached hydrogen (secondary N) is 2. The molecule has 0 aliphatic heterocycles. The minimum atomic E-state index is -4.06. The van der Waals surface area contributed by atoms with E-state index >= 15 is 0 Å². The highest BCUT2D eigenvalue weighted by Gasteiger charge is 2.09. The van der Waals surface area contributed by atoms with Crippen molar-refractivity contribution in [3.8, 4) is 0 Å². The molecule has 0 saturated carbocycles. The monoisotopic (exact) mass is 502 g/mol. The maximum Gasteiger partial charge on any atom is 0.400 e. The van der Waals surface area contributed by atoms with Gasteiger partial charge in [-0.3, -0.25) is 0 Å². The van der Waals surface area contributed by atoms with E-state index in [0.29, 0.717) is 12.3 Å². The molecule has 184 valence electrons. The second-order valence-corrected chi connectivity index (χ2v) is 11.2. The number of rotatable bonds is 22. The SMILES string of the molecule is CC/C=C\CC=CCC=CC/C=C\C/C=C\CCCCNCCSSCCNP(=O)(O)O. The third kappa shape index (κ3) is 29.5. The molecular weight excluding hydrogens is 459 g/mol. The molecule has 0 aliphatic carbocycles. The van der Waals surface area contributed by atoms with Gasteiger partial charge in [-0.25, -0.2) is 9.65 Å². The Morgan fingerprint density at radius 1 is 0.688 bits per heavy atom. The molecular formula is C24H43N2O3PS2. The van der Waals surface area contributed by atoms with Crippen LogP contribution in [0, 0.1) is 0 Å². The number of hydrogen-bond donors (Lipinski definition) is 4. The summed E-state index contributed by atoms with van der Waals surface area (Å²) < 4.78 is 10.6. The summed E-state index contributed by atoms with van der Waals surface area (Å²) >= 11 is 0. The molecule has 8 heteroatoms. The van der Waals surface area contributed by atoms with Crippen LogP contribution in [0.2, 0.25) is 0 Å². The van der Waals surface area contributed by atoms with Crippen LogP contribution in [0.15, 0.2) is 60.8 Å². The molecule has 0 spiro atoms. The lowest BCUT2D eigenvalue weighted by Gasteiger charge is -2.06. The van der Waals surface area contributed by atoms with Crippen molar-refractivity contribution in [3.63, 3.8) is 0 Å². The topological polar surface area (TPSA) is 81.6 Å². The van der Waals surface area contributed by atoms with Gasteiger partial charge in [0.2, 0.25) is 0 Å². The van der Waals surface area contributed by atoms with Gasteiger partial charge in [0.25, 0.3) is 0 Å². The number of hydrogen-bond acceptors (Lipinski definition) is 4. The minimum Gasteiger partial charge on any atom is -0.316 e. The van der Waals surface area contributed by atoms with E-state index in [2.05, 4.69) is 78.1 Å². The van der Waals surface area contributed by atoms with Gasteiger partial charge in [0.15, 0.2) is 0 Å². The van der Waals surface area contributed by atoms with E-state index < -0.39 is 7.75 Å². The molecule has 0 rings (SSSR count). The maximum atomic E-state index is 10.6. The van der Waals surface area contributed by atoms with Crippen molar-refractivity contribution in [1.82, 2.24) is 10.4 Å². The Morgan fingerprint density at radius 2 is 1.19 bits per heavy atom. The summed E-state index contributed by atoms with van der Waals surface area (Å²) in [6, 6.07) is 0. The third-order valence-corrected chi connectivity index (χ3v) is 7.12. The van der Waals surface area contributed by atoms with E-state index in [0.717, 1.165) is 57.4 Å². The number of allylic oxidation sites excluding steroid dienone is 10. The summed E-state index contributed by atoms with van der Waals surface area (Å²) in [5, 5.41) is 5.62. The summed E-state index contributed by atoms with van der Waals surface area (Å²) in [5.74, 6) is 1.68. The zero-order valence-corrected chi connectivity index (χ0v) is 22.1. The zero-order valence-electron chi connectivity index (χ0n) is 19.5. The standard InChI is InChI=1S/C24H43N2O3PS2/c1-2-3-4-5-6-7-8-9-10-11-12-13-14-15-16-17-18-19-20-25-21-23-31-32-24-22-26-30(27,28)29/h3-4,6-7,9-10,12-13,15-16,25H,2,5,8,11,14,17-24H2,1H3,(H3,26,27,28,29)/b4-3-,7-6?,10-9?,13-12-,16-15-. The van der Waals surface area contributed by atoms with Crippen LogP contribution in [0.25, 0.3) is 0 Å². The van der Waals surface area contributed by atoms with Gasteiger partial charge in [-0.15, -0.1) is 0 Å². The lowest BCUT2D eigenvalue weighted by molar-refractivity contribution is 0.359. The molecule has 5 nitrogen and oxygen atoms in total. The first-order valence-electron chi connectivity index (χ1n) is 11.6. The normalized spacial score (nSPS) is 13.2. The van der Waals surface area contributed by atoms with Crippen molar-refractivity contribution < 1.29 is 14.4 Å². The highest BCUT2D eigenvalue weighted by molar-refractivity contribution is 8.76. The fourth-order valence-corrected chi connectivity index (χ4v) is 4.88. The van der Waals surface area contributed by atoms with Crippen LogP contribution in [0.4, 0.5) is 0 Å². The highest BCUT2D eigenvalue weighted by atomic mass is 33.1. The summed E-state index contributed by atoms with van der Waals surface area (Å²) in [6.07, 6.45) is 30.9. The molecule has 0 unspecified atom stereocenters. The Labute approximate surface area is 204 Å². The van der Waals surface area contributed by atoms with Gasteiger partial charge in [-0.1, -0.05) is 89.3 Å². The molecule has 0 bridgehead atoms. The molecule has 0 aromatic carbocycles. The van der Waals surface area contributed by atoms with Crippen LogP contribution in [0.1, 0.15) is 58.3 Å². The van der Waals surface area contributed by atoms with E-state index in [1.54, 1.807) is 21.6 Å². The first-order valence-corrected chi connectivity index (χ1v) is 15.7. The lowest BCUT2D eigenvalue weighted by atomic mass is 10.2. The van der Waals surface area contributed by atoms with Crippen molar-refractivity contribution in [2.24, 2.45) is 0 Å². The zero-order chi connectivity index (χ0) is 23.6. The molecule has 0 radical (unpaired) electrons. The van der Waals surface area contributed by atoms with E-state index in [1.807, 2.05) is 0 Å². The second kappa shape index (κ2) is 25.1. The van der Waals surface area contributed by atoms with E-state index in [-0.39, 0.29) is 0 Å². The molecule has 0 fully saturated rings. The molecule has 0 atom stereocenters. The molecule has 32 heavy (non-hydrogen) atoms. The van der Waals surface area contributed by atoms with Crippen molar-refractivity contribution in [3.05, 3.63) is 60.8 Å². The van der Waals surface area contributed by atoms with E-state index in [9.17, 15) is 4.57 Å². The smallest absolute Gasteiger partial charge is 0.316 e. The van der Waals surface area contributed by atoms with Crippen LogP contribution >= 0.6 is 29.3 Å². The van der Waals surface area contributed by atoms with Crippen LogP contribution in [-0.4, -0.2) is 40.9 Å². The highest BCUT2D eigenvalue weighted by Crippen LogP contribution is 2.28. The molecule has 0 amide bonds. The molecule has 0 heterocycles. The van der Waals surface area contributed by atoms with E-state index in [1.165, 1.54) is 12.8 Å². The van der Waals surface area contributed by atoms with Gasteiger partial charge in [-0.2, -0.15) is 0 Å². The summed E-state index contributed by atoms with van der Waals surface area (Å²) in [7, 11) is -0.702. The maximum absolute atomic E-state index is 10.6. The van der Waals surface area contributed by atoms with Crippen LogP contribution in [0.5, 0.6) is 0 Å². The first kappa shape index (κ1) is 31.5. The van der Waals surface area contributed by atoms with Gasteiger partial charge >= 0.3 is 7.75 Å². The van der Waals surface area contributed by atoms with Gasteiger partial charge in [0.05, 0.1) is 0 Å². The summed E-state index contributed by atoms with van der Waals surface area (Å²) in [4.78, 5) is 17.3. The van der Waals surface area contributed by atoms with E-state index in [4.69, 9.17) is 9.79 Å². The van der Waals surface area contributed by atoms with Crippen molar-refractivity contribution >= 4 is 29.3 Å². The van der Waals surface area contributed by atoms with Crippen molar-refractivity contribution in [2.75, 3.05) is 31.1 Å². The predicted octanol–water partition coefficient (Wildman–Crippen LogP) is 6.56. The van der Waals surface area contributed by atoms with Gasteiger partial charge in [0.1, 0.15) is 0 Å². The Kier molecular flexibility index (Phi) is 24.7. The average Bonchev–Trinajstić information content (AvgIpc) is 2.75. The predicted molar refractivity (Wildman–Crippen MR) is 146 cm³/mol. The first-order chi connectivity index (χ1) is 15.6. The van der Waals surface area contributed by atoms with Crippen LogP contribution in [0.3, 0.4) is 0 Å². The van der Waals surface area contributed by atoms with Crippen molar-refractivity contribution in [2.45, 2.75) is 58.3 Å². The Bertz CT molecular complexity index is 602. The summed E-state index contributed by atoms with van der Waals surface area (Å²) in [5.41, 5.74) is 0. The molecule has 0 aromatic heterocycles. The fraction of sp³-hybridized carbons (Fsp3) is 0.583. The molecule has 4 N–H and O–H groups in total. The lowest BCUT2D eigenvalue weighted by Crippen LogP contribution is -2.18. The number of unbranched alkanes of at least 4 members (excludes halogenated alkanes) is 2. The Balaban J connectivity index is 3.33. The second-order valence-electron chi connectivity index (χ2n) is 7.05. The quantitative estimate of drug-likeness (QED) is 0.0577. The fourth-order valence-electron chi connectivity index (χ4n) is 2.47. The molecule has 0 aromatic rings. The van der Waals surface area contributed by atoms with Crippen molar-refractivity contribution in [1.29, 1.82) is 0 Å². The van der Waals surface area contributed by atoms with Crippen LogP contribution in [-0.2, 0) is 4.57 Å². The Hall–Kier alpha value is -0.530. The van der Waals surface area contributed by atoms with Gasteiger partial charge in [-0.05, 0) is 57.9 Å². The summed E-state index contributed by atoms with van der Waals surface area (Å²) in [6.45, 7) is 4.48. The average molecular weight is 503 g/mol. The third-order valence-electron chi connectivity index (χ3n) is 4.08. The molecule has 0 saturated heterocycles. The Morgan fingerprint density at radius 3 is 1.72 bits per heavy atom. The molecule has 0 aliphatic rings. The van der Waals surface area contributed by atoms with Gasteiger partial charge < -0.3 is 15.1 Å². The largest absolute Gasteiger partial charge is 0.400 e. The van der Waals surface area contributed by atoms with Crippen LogP contribution < -0.4 is 10.4 Å².